The predicted molar refractivity (Wildman–Crippen MR) is 82.0 cm³/mol. The summed E-state index contributed by atoms with van der Waals surface area (Å²) in [5.74, 6) is 1.21. The third-order valence-corrected chi connectivity index (χ3v) is 3.87. The van der Waals surface area contributed by atoms with Crippen molar-refractivity contribution >= 4 is 11.6 Å². The SMILES string of the molecule is CC(C)c1nc(-c2ccc(Cl)cc2)nc2c1CCNC2. The molecule has 3 nitrogen and oxygen atoms in total. The Morgan fingerprint density at radius 1 is 1.15 bits per heavy atom. The number of nitrogens with zero attached hydrogens (tertiary/aromatic N) is 2. The van der Waals surface area contributed by atoms with Crippen LogP contribution in [0.25, 0.3) is 11.4 Å². The zero-order valence-electron chi connectivity index (χ0n) is 11.8. The molecule has 3 rings (SSSR count). The van der Waals surface area contributed by atoms with E-state index in [0.29, 0.717) is 5.92 Å². The molecule has 0 fully saturated rings. The maximum Gasteiger partial charge on any atom is 0.159 e. The van der Waals surface area contributed by atoms with Crippen LogP contribution < -0.4 is 5.32 Å². The second-order valence-electron chi connectivity index (χ2n) is 5.45. The van der Waals surface area contributed by atoms with E-state index in [1.807, 2.05) is 24.3 Å². The Balaban J connectivity index is 2.12. The highest BCUT2D eigenvalue weighted by molar-refractivity contribution is 6.30. The lowest BCUT2D eigenvalue weighted by atomic mass is 9.97. The molecule has 1 aliphatic heterocycles. The summed E-state index contributed by atoms with van der Waals surface area (Å²) in [4.78, 5) is 9.54. The fourth-order valence-electron chi connectivity index (χ4n) is 2.59. The minimum Gasteiger partial charge on any atom is -0.311 e. The van der Waals surface area contributed by atoms with Crippen LogP contribution in [-0.2, 0) is 13.0 Å². The molecule has 1 aliphatic rings. The lowest BCUT2D eigenvalue weighted by Crippen LogP contribution is -2.27. The number of benzene rings is 1. The van der Waals surface area contributed by atoms with E-state index >= 15 is 0 Å². The first-order valence-electron chi connectivity index (χ1n) is 7.01. The van der Waals surface area contributed by atoms with Crippen molar-refractivity contribution in [3.05, 3.63) is 46.2 Å². The molecule has 1 N–H and O–H groups in total. The van der Waals surface area contributed by atoms with Crippen molar-refractivity contribution in [3.63, 3.8) is 0 Å². The molecule has 0 unspecified atom stereocenters. The summed E-state index contributed by atoms with van der Waals surface area (Å²) in [7, 11) is 0. The fourth-order valence-corrected chi connectivity index (χ4v) is 2.72. The van der Waals surface area contributed by atoms with Gasteiger partial charge in [-0.25, -0.2) is 9.97 Å². The van der Waals surface area contributed by atoms with Crippen LogP contribution in [0.2, 0.25) is 5.02 Å². The number of nitrogens with one attached hydrogen (secondary N) is 1. The van der Waals surface area contributed by atoms with E-state index in [1.165, 1.54) is 11.3 Å². The Bertz CT molecular complexity index is 620. The molecule has 0 aliphatic carbocycles. The van der Waals surface area contributed by atoms with Crippen LogP contribution in [0.4, 0.5) is 0 Å². The summed E-state index contributed by atoms with van der Waals surface area (Å²) in [6, 6.07) is 7.72. The lowest BCUT2D eigenvalue weighted by molar-refractivity contribution is 0.609. The summed E-state index contributed by atoms with van der Waals surface area (Å²) >= 11 is 5.95. The van der Waals surface area contributed by atoms with Gasteiger partial charge in [0.15, 0.2) is 5.82 Å². The van der Waals surface area contributed by atoms with Crippen molar-refractivity contribution in [2.24, 2.45) is 0 Å². The second-order valence-corrected chi connectivity index (χ2v) is 5.88. The number of hydrogen-bond donors (Lipinski definition) is 1. The minimum atomic E-state index is 0.413. The first kappa shape index (κ1) is 13.5. The molecule has 0 saturated carbocycles. The van der Waals surface area contributed by atoms with Crippen LogP contribution in [0.3, 0.4) is 0 Å². The van der Waals surface area contributed by atoms with E-state index in [1.54, 1.807) is 0 Å². The Hall–Kier alpha value is -1.45. The molecule has 0 amide bonds. The lowest BCUT2D eigenvalue weighted by Gasteiger charge is -2.21. The average molecular weight is 288 g/mol. The van der Waals surface area contributed by atoms with Crippen LogP contribution in [0, 0.1) is 0 Å². The van der Waals surface area contributed by atoms with Crippen LogP contribution in [0.5, 0.6) is 0 Å². The molecule has 0 bridgehead atoms. The largest absolute Gasteiger partial charge is 0.311 e. The topological polar surface area (TPSA) is 37.8 Å². The summed E-state index contributed by atoms with van der Waals surface area (Å²) in [5.41, 5.74) is 4.67. The maximum absolute atomic E-state index is 5.95. The minimum absolute atomic E-state index is 0.413. The van der Waals surface area contributed by atoms with Crippen LogP contribution in [0.15, 0.2) is 24.3 Å². The van der Waals surface area contributed by atoms with Crippen molar-refractivity contribution in [1.29, 1.82) is 0 Å². The van der Waals surface area contributed by atoms with Gasteiger partial charge in [0.25, 0.3) is 0 Å². The highest BCUT2D eigenvalue weighted by Gasteiger charge is 2.19. The van der Waals surface area contributed by atoms with E-state index in [2.05, 4.69) is 19.2 Å². The fraction of sp³-hybridized carbons (Fsp3) is 0.375. The molecule has 0 saturated heterocycles. The van der Waals surface area contributed by atoms with Crippen molar-refractivity contribution in [2.75, 3.05) is 6.54 Å². The maximum atomic E-state index is 5.95. The zero-order valence-corrected chi connectivity index (χ0v) is 12.5. The van der Waals surface area contributed by atoms with Gasteiger partial charge in [0.2, 0.25) is 0 Å². The van der Waals surface area contributed by atoms with Gasteiger partial charge in [-0.2, -0.15) is 0 Å². The summed E-state index contributed by atoms with van der Waals surface area (Å²) in [5, 5.41) is 4.12. The van der Waals surface area contributed by atoms with E-state index < -0.39 is 0 Å². The second kappa shape index (κ2) is 5.51. The Kier molecular flexibility index (Phi) is 3.72. The van der Waals surface area contributed by atoms with Crippen molar-refractivity contribution in [3.8, 4) is 11.4 Å². The Morgan fingerprint density at radius 3 is 2.60 bits per heavy atom. The van der Waals surface area contributed by atoms with Gasteiger partial charge < -0.3 is 5.32 Å². The Labute approximate surface area is 124 Å². The van der Waals surface area contributed by atoms with Crippen LogP contribution in [-0.4, -0.2) is 16.5 Å². The summed E-state index contributed by atoms with van der Waals surface area (Å²) in [6.45, 7) is 6.22. The molecule has 2 aromatic rings. The quantitative estimate of drug-likeness (QED) is 0.918. The average Bonchev–Trinajstić information content (AvgIpc) is 2.46. The first-order valence-corrected chi connectivity index (χ1v) is 7.39. The van der Waals surface area contributed by atoms with Gasteiger partial charge in [0.1, 0.15) is 0 Å². The molecule has 4 heteroatoms. The molecule has 2 heterocycles. The summed E-state index contributed by atoms with van der Waals surface area (Å²) in [6.07, 6.45) is 1.02. The molecule has 1 aromatic carbocycles. The predicted octanol–water partition coefficient (Wildman–Crippen LogP) is 3.57. The summed E-state index contributed by atoms with van der Waals surface area (Å²) < 4.78 is 0. The highest BCUT2D eigenvalue weighted by atomic mass is 35.5. The molecule has 0 radical (unpaired) electrons. The number of aromatic nitrogens is 2. The molecule has 0 spiro atoms. The number of halogens is 1. The van der Waals surface area contributed by atoms with Gasteiger partial charge in [0.05, 0.1) is 11.4 Å². The van der Waals surface area contributed by atoms with Gasteiger partial charge >= 0.3 is 0 Å². The van der Waals surface area contributed by atoms with Gasteiger partial charge in [-0.15, -0.1) is 0 Å². The number of fused-ring (bicyclic) bond motifs is 1. The molecule has 104 valence electrons. The van der Waals surface area contributed by atoms with Crippen molar-refractivity contribution in [1.82, 2.24) is 15.3 Å². The molecule has 0 atom stereocenters. The first-order chi connectivity index (χ1) is 9.65. The number of hydrogen-bond acceptors (Lipinski definition) is 3. The van der Waals surface area contributed by atoms with Gasteiger partial charge in [-0.05, 0) is 48.7 Å². The van der Waals surface area contributed by atoms with Gasteiger partial charge in [0, 0.05) is 17.1 Å². The molecular weight excluding hydrogens is 270 g/mol. The molecule has 20 heavy (non-hydrogen) atoms. The number of rotatable bonds is 2. The third kappa shape index (κ3) is 2.56. The normalized spacial score (nSPS) is 14.4. The zero-order chi connectivity index (χ0) is 14.1. The van der Waals surface area contributed by atoms with E-state index in [4.69, 9.17) is 21.6 Å². The molecule has 1 aromatic heterocycles. The van der Waals surface area contributed by atoms with Gasteiger partial charge in [-0.1, -0.05) is 25.4 Å². The van der Waals surface area contributed by atoms with Gasteiger partial charge in [-0.3, -0.25) is 0 Å². The molecular formula is C16H18ClN3. The van der Waals surface area contributed by atoms with Crippen LogP contribution >= 0.6 is 11.6 Å². The Morgan fingerprint density at radius 2 is 1.90 bits per heavy atom. The van der Waals surface area contributed by atoms with Crippen molar-refractivity contribution in [2.45, 2.75) is 32.7 Å². The smallest absolute Gasteiger partial charge is 0.159 e. The monoisotopic (exact) mass is 287 g/mol. The van der Waals surface area contributed by atoms with E-state index in [9.17, 15) is 0 Å². The standard InChI is InChI=1S/C16H18ClN3/c1-10(2)15-13-7-8-18-9-14(13)19-16(20-15)11-3-5-12(17)6-4-11/h3-6,10,18H,7-9H2,1-2H3. The van der Waals surface area contributed by atoms with E-state index in [-0.39, 0.29) is 0 Å². The van der Waals surface area contributed by atoms with Crippen molar-refractivity contribution < 1.29 is 0 Å². The third-order valence-electron chi connectivity index (χ3n) is 3.62. The highest BCUT2D eigenvalue weighted by Crippen LogP contribution is 2.26. The van der Waals surface area contributed by atoms with Crippen LogP contribution in [0.1, 0.15) is 36.7 Å². The van der Waals surface area contributed by atoms with E-state index in [0.717, 1.165) is 41.6 Å².